The minimum Gasteiger partial charge on any atom is -0.477 e. The van der Waals surface area contributed by atoms with E-state index in [0.29, 0.717) is 35.3 Å². The molecular weight excluding hydrogens is 452 g/mol. The molecule has 0 amide bonds. The maximum Gasteiger partial charge on any atom is 0.234 e. The number of rotatable bonds is 7. The molecule has 0 N–H and O–H groups in total. The Morgan fingerprint density at radius 2 is 2.00 bits per heavy atom. The molecule has 0 spiro atoms. The second-order valence-electron chi connectivity index (χ2n) is 9.29. The van der Waals surface area contributed by atoms with Crippen molar-refractivity contribution < 1.29 is 9.47 Å². The first-order valence-corrected chi connectivity index (χ1v) is 12.0. The van der Waals surface area contributed by atoms with Crippen LogP contribution >= 0.6 is 12.4 Å². The van der Waals surface area contributed by atoms with Gasteiger partial charge in [0, 0.05) is 36.4 Å². The van der Waals surface area contributed by atoms with Gasteiger partial charge in [0.25, 0.3) is 0 Å². The molecule has 3 aromatic rings. The van der Waals surface area contributed by atoms with Gasteiger partial charge < -0.3 is 14.0 Å². The molecule has 0 aromatic carbocycles. The van der Waals surface area contributed by atoms with Gasteiger partial charge in [-0.05, 0) is 31.7 Å². The molecule has 0 bridgehead atoms. The van der Waals surface area contributed by atoms with Gasteiger partial charge in [-0.2, -0.15) is 10.2 Å². The number of ether oxygens (including phenoxy) is 2. The Kier molecular flexibility index (Phi) is 7.96. The zero-order valence-electron chi connectivity index (χ0n) is 19.6. The van der Waals surface area contributed by atoms with Crippen molar-refractivity contribution in [2.24, 2.45) is 11.8 Å². The molecule has 1 aliphatic carbocycles. The molecule has 2 fully saturated rings. The van der Waals surface area contributed by atoms with Crippen molar-refractivity contribution in [1.82, 2.24) is 24.5 Å². The van der Waals surface area contributed by atoms with Crippen molar-refractivity contribution >= 4 is 23.6 Å². The van der Waals surface area contributed by atoms with Gasteiger partial charge >= 0.3 is 0 Å². The maximum atomic E-state index is 9.52. The number of halogens is 1. The zero-order valence-corrected chi connectivity index (χ0v) is 20.4. The quantitative estimate of drug-likeness (QED) is 0.473. The van der Waals surface area contributed by atoms with Crippen LogP contribution in [0.2, 0.25) is 0 Å². The Bertz CT molecular complexity index is 1160. The lowest BCUT2D eigenvalue weighted by atomic mass is 9.87. The predicted molar refractivity (Wildman–Crippen MR) is 131 cm³/mol. The first-order chi connectivity index (χ1) is 16.2. The maximum absolute atomic E-state index is 9.52. The number of nitriles is 1. The highest BCUT2D eigenvalue weighted by molar-refractivity contribution is 5.87. The Morgan fingerprint density at radius 3 is 2.74 bits per heavy atom. The third-order valence-electron chi connectivity index (χ3n) is 6.84. The van der Waals surface area contributed by atoms with Crippen molar-refractivity contribution in [3.05, 3.63) is 30.0 Å². The SMILES string of the molecule is Cc1cc(-c2nc(C#N)nc3c2ncn3CC2CCOC2)cnc1OCCC1CCCCC1.Cl. The zero-order chi connectivity index (χ0) is 22.6. The first kappa shape index (κ1) is 24.4. The number of aryl methyl sites for hydroxylation is 1. The molecule has 0 radical (unpaired) electrons. The van der Waals surface area contributed by atoms with Crippen molar-refractivity contribution in [3.63, 3.8) is 0 Å². The third-order valence-corrected chi connectivity index (χ3v) is 6.84. The lowest BCUT2D eigenvalue weighted by molar-refractivity contribution is 0.182. The van der Waals surface area contributed by atoms with E-state index in [-0.39, 0.29) is 18.2 Å². The standard InChI is InChI=1S/C25H30N6O2.ClH/c1-17-11-20(13-27-25(17)33-10-8-18-5-3-2-4-6-18)22-23-24(30-21(12-26)29-22)31(16-28-23)14-19-7-9-32-15-19;/h11,13,16,18-19H,2-10,14-15H2,1H3;1H. The van der Waals surface area contributed by atoms with Crippen LogP contribution < -0.4 is 4.74 Å². The second-order valence-corrected chi connectivity index (χ2v) is 9.29. The number of imidazole rings is 1. The Labute approximate surface area is 206 Å². The molecule has 1 atom stereocenters. The number of aromatic nitrogens is 5. The molecule has 4 heterocycles. The molecule has 1 saturated heterocycles. The molecule has 8 nitrogen and oxygen atoms in total. The average molecular weight is 483 g/mol. The van der Waals surface area contributed by atoms with Crippen LogP contribution in [-0.2, 0) is 11.3 Å². The Morgan fingerprint density at radius 1 is 1.15 bits per heavy atom. The smallest absolute Gasteiger partial charge is 0.234 e. The van der Waals surface area contributed by atoms with E-state index in [1.165, 1.54) is 32.1 Å². The molecule has 180 valence electrons. The van der Waals surface area contributed by atoms with Crippen LogP contribution in [0.25, 0.3) is 22.4 Å². The van der Waals surface area contributed by atoms with Gasteiger partial charge in [0.2, 0.25) is 11.7 Å². The van der Waals surface area contributed by atoms with Crippen molar-refractivity contribution in [1.29, 1.82) is 5.26 Å². The summed E-state index contributed by atoms with van der Waals surface area (Å²) in [6.07, 6.45) is 12.4. The van der Waals surface area contributed by atoms with E-state index in [1.807, 2.05) is 17.6 Å². The minimum absolute atomic E-state index is 0. The first-order valence-electron chi connectivity index (χ1n) is 12.0. The van der Waals surface area contributed by atoms with E-state index in [2.05, 4.69) is 26.0 Å². The van der Waals surface area contributed by atoms with Gasteiger partial charge in [0.05, 0.1) is 19.5 Å². The third kappa shape index (κ3) is 5.31. The monoisotopic (exact) mass is 482 g/mol. The number of pyridine rings is 1. The summed E-state index contributed by atoms with van der Waals surface area (Å²) in [6, 6.07) is 4.10. The second kappa shape index (κ2) is 11.1. The summed E-state index contributed by atoms with van der Waals surface area (Å²) >= 11 is 0. The Hall–Kier alpha value is -2.76. The van der Waals surface area contributed by atoms with Gasteiger partial charge in [-0.15, -0.1) is 12.4 Å². The summed E-state index contributed by atoms with van der Waals surface area (Å²) in [5.74, 6) is 2.00. The average Bonchev–Trinajstić information content (AvgIpc) is 3.51. The van der Waals surface area contributed by atoms with E-state index in [0.717, 1.165) is 49.6 Å². The summed E-state index contributed by atoms with van der Waals surface area (Å²) in [6.45, 7) is 5.00. The molecule has 3 aromatic heterocycles. The molecular formula is C25H31ClN6O2. The Balaban J connectivity index is 0.00000274. The highest BCUT2D eigenvalue weighted by atomic mass is 35.5. The van der Waals surface area contributed by atoms with Gasteiger partial charge in [0.1, 0.15) is 17.3 Å². The molecule has 1 unspecified atom stereocenters. The summed E-state index contributed by atoms with van der Waals surface area (Å²) in [5.41, 5.74) is 3.74. The summed E-state index contributed by atoms with van der Waals surface area (Å²) in [5, 5.41) is 9.52. The van der Waals surface area contributed by atoms with E-state index < -0.39 is 0 Å². The molecule has 9 heteroatoms. The summed E-state index contributed by atoms with van der Waals surface area (Å²) < 4.78 is 13.5. The van der Waals surface area contributed by atoms with Crippen LogP contribution in [0, 0.1) is 30.1 Å². The largest absolute Gasteiger partial charge is 0.477 e. The van der Waals surface area contributed by atoms with E-state index >= 15 is 0 Å². The van der Waals surface area contributed by atoms with Crippen molar-refractivity contribution in [2.45, 2.75) is 58.4 Å². The van der Waals surface area contributed by atoms with Crippen LogP contribution in [-0.4, -0.2) is 44.3 Å². The molecule has 1 saturated carbocycles. The minimum atomic E-state index is 0. The fourth-order valence-corrected chi connectivity index (χ4v) is 4.98. The van der Waals surface area contributed by atoms with Crippen LogP contribution in [0.3, 0.4) is 0 Å². The summed E-state index contributed by atoms with van der Waals surface area (Å²) in [7, 11) is 0. The number of hydrogen-bond donors (Lipinski definition) is 0. The normalized spacial score (nSPS) is 18.5. The summed E-state index contributed by atoms with van der Waals surface area (Å²) in [4.78, 5) is 18.1. The lowest BCUT2D eigenvalue weighted by Crippen LogP contribution is -2.11. The fourth-order valence-electron chi connectivity index (χ4n) is 4.98. The van der Waals surface area contributed by atoms with Crippen LogP contribution in [0.1, 0.15) is 56.3 Å². The van der Waals surface area contributed by atoms with Crippen molar-refractivity contribution in [2.75, 3.05) is 19.8 Å². The molecule has 34 heavy (non-hydrogen) atoms. The highest BCUT2D eigenvalue weighted by Crippen LogP contribution is 2.30. The topological polar surface area (TPSA) is 98.7 Å². The molecule has 5 rings (SSSR count). The van der Waals surface area contributed by atoms with Crippen molar-refractivity contribution in [3.8, 4) is 23.2 Å². The molecule has 1 aliphatic heterocycles. The van der Waals surface area contributed by atoms with Crippen LogP contribution in [0.15, 0.2) is 18.6 Å². The number of fused-ring (bicyclic) bond motifs is 1. The number of hydrogen-bond acceptors (Lipinski definition) is 7. The van der Waals surface area contributed by atoms with Gasteiger partial charge in [0.15, 0.2) is 5.65 Å². The van der Waals surface area contributed by atoms with Crippen LogP contribution in [0.5, 0.6) is 5.88 Å². The van der Waals surface area contributed by atoms with Gasteiger partial charge in [-0.3, -0.25) is 0 Å². The van der Waals surface area contributed by atoms with Crippen LogP contribution in [0.4, 0.5) is 0 Å². The predicted octanol–water partition coefficient (Wildman–Crippen LogP) is 4.88. The fraction of sp³-hybridized carbons (Fsp3) is 0.560. The van der Waals surface area contributed by atoms with Gasteiger partial charge in [-0.1, -0.05) is 32.1 Å². The number of nitrogens with zero attached hydrogens (tertiary/aromatic N) is 6. The highest BCUT2D eigenvalue weighted by Gasteiger charge is 2.21. The lowest BCUT2D eigenvalue weighted by Gasteiger charge is -2.21. The molecule has 2 aliphatic rings. The van der Waals surface area contributed by atoms with E-state index in [1.54, 1.807) is 12.5 Å². The van der Waals surface area contributed by atoms with E-state index in [4.69, 9.17) is 9.47 Å². The van der Waals surface area contributed by atoms with E-state index in [9.17, 15) is 5.26 Å². The van der Waals surface area contributed by atoms with Gasteiger partial charge in [-0.25, -0.2) is 15.0 Å².